The minimum atomic E-state index is 0.452. The first kappa shape index (κ1) is 15.9. The second-order valence-electron chi connectivity index (χ2n) is 5.31. The lowest BCUT2D eigenvalue weighted by Gasteiger charge is -2.07. The number of methoxy groups -OCH3 is 1. The van der Waals surface area contributed by atoms with Crippen molar-refractivity contribution in [1.82, 2.24) is 19.7 Å². The smallest absolute Gasteiger partial charge is 0.238 e. The van der Waals surface area contributed by atoms with E-state index in [2.05, 4.69) is 20.8 Å². The largest absolute Gasteiger partial charge is 0.461 e. The summed E-state index contributed by atoms with van der Waals surface area (Å²) in [5.74, 6) is 2.10. The van der Waals surface area contributed by atoms with Crippen molar-refractivity contribution in [2.45, 2.75) is 17.5 Å². The lowest BCUT2D eigenvalue weighted by atomic mass is 10.3. The third-order valence-electron chi connectivity index (χ3n) is 3.67. The van der Waals surface area contributed by atoms with E-state index in [1.807, 2.05) is 18.2 Å². The standard InChI is InChI=1S/C17H16N4O3S/c1-22-10-8-21-13-6-3-2-5-12(13)18-17(21)25-11-15-19-16(20-24-15)14-7-4-9-23-14/h2-7,9H,8,10-11H2,1H3. The number of rotatable bonds is 7. The van der Waals surface area contributed by atoms with Gasteiger partial charge in [-0.15, -0.1) is 0 Å². The molecule has 25 heavy (non-hydrogen) atoms. The molecule has 0 aliphatic rings. The van der Waals surface area contributed by atoms with E-state index < -0.39 is 0 Å². The molecule has 0 atom stereocenters. The number of nitrogens with zero attached hydrogens (tertiary/aromatic N) is 4. The van der Waals surface area contributed by atoms with Crippen molar-refractivity contribution in [3.8, 4) is 11.6 Å². The Morgan fingerprint density at radius 2 is 2.08 bits per heavy atom. The highest BCUT2D eigenvalue weighted by Crippen LogP contribution is 2.27. The highest BCUT2D eigenvalue weighted by Gasteiger charge is 2.15. The maximum atomic E-state index is 5.30. The highest BCUT2D eigenvalue weighted by molar-refractivity contribution is 7.98. The van der Waals surface area contributed by atoms with Crippen LogP contribution in [0.3, 0.4) is 0 Å². The molecule has 0 saturated heterocycles. The molecule has 4 aromatic rings. The minimum Gasteiger partial charge on any atom is -0.461 e. The Kier molecular flexibility index (Phi) is 4.53. The molecule has 0 aliphatic carbocycles. The molecule has 3 heterocycles. The van der Waals surface area contributed by atoms with E-state index in [-0.39, 0.29) is 0 Å². The molecule has 0 fully saturated rings. The Morgan fingerprint density at radius 1 is 1.16 bits per heavy atom. The van der Waals surface area contributed by atoms with Gasteiger partial charge in [-0.1, -0.05) is 29.1 Å². The van der Waals surface area contributed by atoms with E-state index in [1.165, 1.54) is 0 Å². The third kappa shape index (κ3) is 3.31. The predicted octanol–water partition coefficient (Wildman–Crippen LogP) is 3.62. The van der Waals surface area contributed by atoms with Crippen molar-refractivity contribution >= 4 is 22.8 Å². The van der Waals surface area contributed by atoms with Gasteiger partial charge in [0.2, 0.25) is 11.7 Å². The molecule has 0 N–H and O–H groups in total. The fraction of sp³-hybridized carbons (Fsp3) is 0.235. The fourth-order valence-corrected chi connectivity index (χ4v) is 3.39. The van der Waals surface area contributed by atoms with Gasteiger partial charge < -0.3 is 18.2 Å². The van der Waals surface area contributed by atoms with E-state index >= 15 is 0 Å². The van der Waals surface area contributed by atoms with Crippen molar-refractivity contribution in [3.63, 3.8) is 0 Å². The Morgan fingerprint density at radius 3 is 2.92 bits per heavy atom. The molecule has 0 unspecified atom stereocenters. The first-order valence-electron chi connectivity index (χ1n) is 7.78. The van der Waals surface area contributed by atoms with Crippen LogP contribution in [0.4, 0.5) is 0 Å². The van der Waals surface area contributed by atoms with Crippen molar-refractivity contribution in [1.29, 1.82) is 0 Å². The number of hydrogen-bond donors (Lipinski definition) is 0. The van der Waals surface area contributed by atoms with Gasteiger partial charge in [0, 0.05) is 13.7 Å². The predicted molar refractivity (Wildman–Crippen MR) is 93.2 cm³/mol. The number of imidazole rings is 1. The van der Waals surface area contributed by atoms with Gasteiger partial charge in [-0.3, -0.25) is 0 Å². The average molecular weight is 356 g/mol. The van der Waals surface area contributed by atoms with Crippen molar-refractivity contribution in [3.05, 3.63) is 48.6 Å². The summed E-state index contributed by atoms with van der Waals surface area (Å²) in [6.45, 7) is 1.36. The quantitative estimate of drug-likeness (QED) is 0.468. The molecule has 8 heteroatoms. The maximum Gasteiger partial charge on any atom is 0.238 e. The molecule has 1 aromatic carbocycles. The zero-order valence-electron chi connectivity index (χ0n) is 13.6. The van der Waals surface area contributed by atoms with Crippen molar-refractivity contribution < 1.29 is 13.7 Å². The van der Waals surface area contributed by atoms with Gasteiger partial charge in [0.1, 0.15) is 0 Å². The first-order chi connectivity index (χ1) is 12.3. The molecule has 7 nitrogen and oxygen atoms in total. The number of ether oxygens (including phenoxy) is 1. The lowest BCUT2D eigenvalue weighted by Crippen LogP contribution is -2.05. The second kappa shape index (κ2) is 7.12. The number of thioether (sulfide) groups is 1. The Balaban J connectivity index is 1.54. The SMILES string of the molecule is COCCn1c(SCc2nc(-c3ccco3)no2)nc2ccccc21. The van der Waals surface area contributed by atoms with Crippen LogP contribution in [0, 0.1) is 0 Å². The number of fused-ring (bicyclic) bond motifs is 1. The molecule has 0 bridgehead atoms. The molecule has 128 valence electrons. The van der Waals surface area contributed by atoms with Gasteiger partial charge in [-0.2, -0.15) is 4.98 Å². The van der Waals surface area contributed by atoms with E-state index in [1.54, 1.807) is 37.3 Å². The molecule has 3 aromatic heterocycles. The Labute approximate surface area is 148 Å². The molecule has 0 aliphatic heterocycles. The number of furan rings is 1. The summed E-state index contributed by atoms with van der Waals surface area (Å²) in [6, 6.07) is 11.6. The number of benzene rings is 1. The van der Waals surface area contributed by atoms with Gasteiger partial charge in [-0.05, 0) is 24.3 Å². The molecule has 0 radical (unpaired) electrons. The van der Waals surface area contributed by atoms with Gasteiger partial charge in [0.25, 0.3) is 0 Å². The normalized spacial score (nSPS) is 11.4. The summed E-state index contributed by atoms with van der Waals surface area (Å²) in [5, 5.41) is 4.84. The van der Waals surface area contributed by atoms with Crippen LogP contribution >= 0.6 is 11.8 Å². The summed E-state index contributed by atoms with van der Waals surface area (Å²) in [6.07, 6.45) is 1.58. The van der Waals surface area contributed by atoms with Gasteiger partial charge >= 0.3 is 0 Å². The van der Waals surface area contributed by atoms with E-state index in [9.17, 15) is 0 Å². The summed E-state index contributed by atoms with van der Waals surface area (Å²) in [5.41, 5.74) is 2.05. The zero-order valence-corrected chi connectivity index (χ0v) is 14.4. The van der Waals surface area contributed by atoms with Crippen LogP contribution in [0.2, 0.25) is 0 Å². The average Bonchev–Trinajstić information content (AvgIpc) is 3.36. The van der Waals surface area contributed by atoms with Crippen LogP contribution < -0.4 is 0 Å². The summed E-state index contributed by atoms with van der Waals surface area (Å²) in [7, 11) is 1.69. The van der Waals surface area contributed by atoms with Crippen molar-refractivity contribution in [2.75, 3.05) is 13.7 Å². The van der Waals surface area contributed by atoms with Crippen LogP contribution in [0.15, 0.2) is 56.8 Å². The fourth-order valence-electron chi connectivity index (χ4n) is 2.51. The first-order valence-corrected chi connectivity index (χ1v) is 8.77. The van der Waals surface area contributed by atoms with Gasteiger partial charge in [-0.25, -0.2) is 4.98 Å². The molecular weight excluding hydrogens is 340 g/mol. The van der Waals surface area contributed by atoms with Crippen LogP contribution in [-0.2, 0) is 17.0 Å². The number of aromatic nitrogens is 4. The molecule has 4 rings (SSSR count). The maximum absolute atomic E-state index is 5.30. The van der Waals surface area contributed by atoms with Crippen LogP contribution in [0.25, 0.3) is 22.6 Å². The number of para-hydroxylation sites is 2. The van der Waals surface area contributed by atoms with Crippen LogP contribution in [0.5, 0.6) is 0 Å². The van der Waals surface area contributed by atoms with Gasteiger partial charge in [0.15, 0.2) is 10.9 Å². The van der Waals surface area contributed by atoms with Gasteiger partial charge in [0.05, 0.1) is 29.7 Å². The van der Waals surface area contributed by atoms with Crippen LogP contribution in [0.1, 0.15) is 5.89 Å². The van der Waals surface area contributed by atoms with E-state index in [0.717, 1.165) is 22.7 Å². The summed E-state index contributed by atoms with van der Waals surface area (Å²) >= 11 is 1.56. The van der Waals surface area contributed by atoms with E-state index in [0.29, 0.717) is 29.8 Å². The molecule has 0 spiro atoms. The number of hydrogen-bond acceptors (Lipinski definition) is 7. The van der Waals surface area contributed by atoms with Crippen LogP contribution in [-0.4, -0.2) is 33.4 Å². The molecule has 0 saturated carbocycles. The summed E-state index contributed by atoms with van der Waals surface area (Å²) in [4.78, 5) is 9.06. The molecule has 0 amide bonds. The minimum absolute atomic E-state index is 0.452. The summed E-state index contributed by atoms with van der Waals surface area (Å²) < 4.78 is 17.9. The van der Waals surface area contributed by atoms with E-state index in [4.69, 9.17) is 18.7 Å². The second-order valence-corrected chi connectivity index (χ2v) is 6.25. The third-order valence-corrected chi connectivity index (χ3v) is 4.63. The Bertz CT molecular complexity index is 962. The van der Waals surface area contributed by atoms with Crippen molar-refractivity contribution in [2.24, 2.45) is 0 Å². The lowest BCUT2D eigenvalue weighted by molar-refractivity contribution is 0.186. The topological polar surface area (TPSA) is 79.1 Å². The highest BCUT2D eigenvalue weighted by atomic mass is 32.2. The zero-order chi connectivity index (χ0) is 17.1. The molecular formula is C17H16N4O3S. The Hall–Kier alpha value is -2.58. The monoisotopic (exact) mass is 356 g/mol.